The van der Waals surface area contributed by atoms with E-state index in [1.165, 1.54) is 4.90 Å². The van der Waals surface area contributed by atoms with Crippen LogP contribution in [0.5, 0.6) is 5.75 Å². The summed E-state index contributed by atoms with van der Waals surface area (Å²) in [6.45, 7) is 3.61. The van der Waals surface area contributed by atoms with Crippen LogP contribution in [0.1, 0.15) is 19.4 Å². The van der Waals surface area contributed by atoms with Crippen molar-refractivity contribution in [2.45, 2.75) is 32.4 Å². The van der Waals surface area contributed by atoms with E-state index in [1.807, 2.05) is 24.3 Å². The molecule has 6 nitrogen and oxygen atoms in total. The number of amides is 2. The molecule has 0 aromatic heterocycles. The lowest BCUT2D eigenvalue weighted by molar-refractivity contribution is -0.138. The number of aliphatic carboxylic acids is 1. The summed E-state index contributed by atoms with van der Waals surface area (Å²) >= 11 is 0. The molecule has 2 N–H and O–H groups in total. The number of para-hydroxylation sites is 1. The summed E-state index contributed by atoms with van der Waals surface area (Å²) in [4.78, 5) is 24.1. The number of hydrogen-bond acceptors (Lipinski definition) is 3. The molecular formula is C15H20N2O4. The van der Waals surface area contributed by atoms with Crippen molar-refractivity contribution in [2.24, 2.45) is 0 Å². The predicted octanol–water partition coefficient (Wildman–Crippen LogP) is 1.49. The van der Waals surface area contributed by atoms with Crippen LogP contribution in [0.15, 0.2) is 24.3 Å². The Morgan fingerprint density at radius 1 is 1.43 bits per heavy atom. The van der Waals surface area contributed by atoms with Gasteiger partial charge in [0.05, 0.1) is 6.54 Å². The second kappa shape index (κ2) is 6.47. The van der Waals surface area contributed by atoms with E-state index in [1.54, 1.807) is 13.8 Å². The molecule has 21 heavy (non-hydrogen) atoms. The van der Waals surface area contributed by atoms with Gasteiger partial charge >= 0.3 is 12.0 Å². The van der Waals surface area contributed by atoms with Gasteiger partial charge < -0.3 is 20.1 Å². The molecule has 1 aromatic rings. The van der Waals surface area contributed by atoms with Gasteiger partial charge in [-0.05, 0) is 25.5 Å². The van der Waals surface area contributed by atoms with Gasteiger partial charge in [-0.1, -0.05) is 18.2 Å². The molecule has 0 spiro atoms. The van der Waals surface area contributed by atoms with E-state index in [0.717, 1.165) is 17.7 Å². The second-order valence-electron chi connectivity index (χ2n) is 5.35. The van der Waals surface area contributed by atoms with Crippen molar-refractivity contribution in [2.75, 3.05) is 13.1 Å². The summed E-state index contributed by atoms with van der Waals surface area (Å²) in [5.41, 5.74) is 1.13. The van der Waals surface area contributed by atoms with Gasteiger partial charge in [-0.15, -0.1) is 0 Å². The molecule has 0 fully saturated rings. The van der Waals surface area contributed by atoms with Crippen molar-refractivity contribution in [1.82, 2.24) is 10.2 Å². The van der Waals surface area contributed by atoms with Gasteiger partial charge in [0.15, 0.2) is 0 Å². The van der Waals surface area contributed by atoms with Crippen LogP contribution < -0.4 is 10.1 Å². The fourth-order valence-electron chi connectivity index (χ4n) is 2.31. The van der Waals surface area contributed by atoms with Crippen LogP contribution in [0.3, 0.4) is 0 Å². The molecule has 0 saturated heterocycles. The van der Waals surface area contributed by atoms with Crippen molar-refractivity contribution in [3.63, 3.8) is 0 Å². The van der Waals surface area contributed by atoms with Crippen LogP contribution in [0, 0.1) is 0 Å². The summed E-state index contributed by atoms with van der Waals surface area (Å²) in [6.07, 6.45) is 0.641. The molecule has 0 aliphatic carbocycles. The number of hydrogen-bond donors (Lipinski definition) is 2. The molecule has 1 aliphatic heterocycles. The van der Waals surface area contributed by atoms with Gasteiger partial charge in [0.2, 0.25) is 0 Å². The van der Waals surface area contributed by atoms with Crippen molar-refractivity contribution in [3.05, 3.63) is 29.8 Å². The number of rotatable bonds is 5. The Bertz CT molecular complexity index is 505. The van der Waals surface area contributed by atoms with Gasteiger partial charge in [-0.2, -0.15) is 0 Å². The minimum Gasteiger partial charge on any atom is -0.488 e. The van der Waals surface area contributed by atoms with Crippen LogP contribution in [-0.4, -0.2) is 47.2 Å². The van der Waals surface area contributed by atoms with Crippen LogP contribution in [-0.2, 0) is 11.2 Å². The van der Waals surface area contributed by atoms with Crippen molar-refractivity contribution in [1.29, 1.82) is 0 Å². The predicted molar refractivity (Wildman–Crippen MR) is 77.4 cm³/mol. The highest BCUT2D eigenvalue weighted by Gasteiger charge is 2.25. The molecule has 1 aliphatic rings. The number of carboxylic acid groups (broad SMARTS) is 1. The summed E-state index contributed by atoms with van der Waals surface area (Å²) in [5.74, 6) is -0.175. The zero-order valence-electron chi connectivity index (χ0n) is 12.2. The van der Waals surface area contributed by atoms with E-state index in [9.17, 15) is 9.59 Å². The first-order valence-electron chi connectivity index (χ1n) is 6.98. The number of carbonyl (C=O) groups excluding carboxylic acids is 1. The fourth-order valence-corrected chi connectivity index (χ4v) is 2.31. The number of nitrogens with one attached hydrogen (secondary N) is 1. The van der Waals surface area contributed by atoms with Gasteiger partial charge in [0, 0.05) is 12.5 Å². The van der Waals surface area contributed by atoms with E-state index < -0.39 is 5.97 Å². The Morgan fingerprint density at radius 2 is 2.14 bits per heavy atom. The average molecular weight is 292 g/mol. The zero-order valence-corrected chi connectivity index (χ0v) is 12.2. The lowest BCUT2D eigenvalue weighted by atomic mass is 10.1. The van der Waals surface area contributed by atoms with Crippen LogP contribution in [0.2, 0.25) is 0 Å². The van der Waals surface area contributed by atoms with Gasteiger partial charge in [-0.3, -0.25) is 4.79 Å². The number of nitrogens with zero attached hydrogens (tertiary/aromatic N) is 1. The smallest absolute Gasteiger partial charge is 0.323 e. The number of urea groups is 1. The summed E-state index contributed by atoms with van der Waals surface area (Å²) in [7, 11) is 0. The number of carboxylic acids is 1. The standard InChI is InChI=1S/C15H20N2O4/c1-10(2)17(9-14(18)19)15(20)16-8-12-7-11-5-3-4-6-13(11)21-12/h3-6,10,12H,7-9H2,1-2H3,(H,16,20)(H,18,19). The van der Waals surface area contributed by atoms with Gasteiger partial charge in [-0.25, -0.2) is 4.79 Å². The molecule has 0 radical (unpaired) electrons. The lowest BCUT2D eigenvalue weighted by Crippen LogP contribution is -2.48. The Labute approximate surface area is 123 Å². The van der Waals surface area contributed by atoms with Crippen LogP contribution >= 0.6 is 0 Å². The molecule has 0 bridgehead atoms. The Hall–Kier alpha value is -2.24. The molecule has 2 amide bonds. The lowest BCUT2D eigenvalue weighted by Gasteiger charge is -2.25. The third-order valence-electron chi connectivity index (χ3n) is 3.38. The molecule has 0 saturated carbocycles. The number of benzene rings is 1. The maximum Gasteiger partial charge on any atom is 0.323 e. The highest BCUT2D eigenvalue weighted by Crippen LogP contribution is 2.27. The molecule has 6 heteroatoms. The molecule has 1 aromatic carbocycles. The van der Waals surface area contributed by atoms with E-state index in [-0.39, 0.29) is 24.7 Å². The second-order valence-corrected chi connectivity index (χ2v) is 5.35. The Kier molecular flexibility index (Phi) is 4.67. The maximum absolute atomic E-state index is 12.0. The first kappa shape index (κ1) is 15.2. The topological polar surface area (TPSA) is 78.9 Å². The minimum atomic E-state index is -1.02. The number of carbonyl (C=O) groups is 2. The molecule has 1 unspecified atom stereocenters. The Balaban J connectivity index is 1.86. The van der Waals surface area contributed by atoms with Crippen LogP contribution in [0.4, 0.5) is 4.79 Å². The Morgan fingerprint density at radius 3 is 2.76 bits per heavy atom. The molecule has 114 valence electrons. The first-order valence-corrected chi connectivity index (χ1v) is 6.98. The summed E-state index contributed by atoms with van der Waals surface area (Å²) < 4.78 is 5.73. The monoisotopic (exact) mass is 292 g/mol. The SMILES string of the molecule is CC(C)N(CC(=O)O)C(=O)NCC1Cc2ccccc2O1. The quantitative estimate of drug-likeness (QED) is 0.862. The summed E-state index contributed by atoms with van der Waals surface area (Å²) in [5, 5.41) is 11.6. The molecule has 2 rings (SSSR count). The van der Waals surface area contributed by atoms with Crippen molar-refractivity contribution in [3.8, 4) is 5.75 Å². The number of fused-ring (bicyclic) bond motifs is 1. The zero-order chi connectivity index (χ0) is 15.4. The molecule has 1 atom stereocenters. The van der Waals surface area contributed by atoms with E-state index in [4.69, 9.17) is 9.84 Å². The van der Waals surface area contributed by atoms with Crippen LogP contribution in [0.25, 0.3) is 0 Å². The normalized spacial score (nSPS) is 16.2. The average Bonchev–Trinajstić information content (AvgIpc) is 2.84. The van der Waals surface area contributed by atoms with E-state index in [0.29, 0.717) is 6.54 Å². The largest absolute Gasteiger partial charge is 0.488 e. The van der Waals surface area contributed by atoms with Gasteiger partial charge in [0.1, 0.15) is 18.4 Å². The minimum absolute atomic E-state index is 0.106. The number of ether oxygens (including phenoxy) is 1. The maximum atomic E-state index is 12.0. The van der Waals surface area contributed by atoms with Crippen molar-refractivity contribution < 1.29 is 19.4 Å². The van der Waals surface area contributed by atoms with Gasteiger partial charge in [0.25, 0.3) is 0 Å². The molecule has 1 heterocycles. The fraction of sp³-hybridized carbons (Fsp3) is 0.467. The third kappa shape index (κ3) is 3.87. The first-order chi connectivity index (χ1) is 9.97. The molecular weight excluding hydrogens is 272 g/mol. The highest BCUT2D eigenvalue weighted by molar-refractivity contribution is 5.80. The van der Waals surface area contributed by atoms with E-state index >= 15 is 0 Å². The summed E-state index contributed by atoms with van der Waals surface area (Å²) in [6, 6.07) is 7.21. The van der Waals surface area contributed by atoms with Crippen molar-refractivity contribution >= 4 is 12.0 Å². The highest BCUT2D eigenvalue weighted by atomic mass is 16.5. The van der Waals surface area contributed by atoms with E-state index in [2.05, 4.69) is 5.32 Å². The third-order valence-corrected chi connectivity index (χ3v) is 3.38.